The molecule has 2 heterocycles. The number of hydrogen-bond acceptors (Lipinski definition) is 3. The fraction of sp³-hybridized carbons (Fsp3) is 0. The van der Waals surface area contributed by atoms with Crippen LogP contribution in [0.4, 0.5) is 11.5 Å². The van der Waals surface area contributed by atoms with Crippen molar-refractivity contribution in [3.63, 3.8) is 0 Å². The summed E-state index contributed by atoms with van der Waals surface area (Å²) in [4.78, 5) is 0. The van der Waals surface area contributed by atoms with E-state index >= 15 is 0 Å². The fourth-order valence-corrected chi connectivity index (χ4v) is 1.04. The number of anilines is 2. The first kappa shape index (κ1) is 11.9. The van der Waals surface area contributed by atoms with Crippen LogP contribution in [0.25, 0.3) is 5.52 Å². The first-order valence-electron chi connectivity index (χ1n) is 3.27. The molecule has 2 aromatic rings. The molecule has 0 atom stereocenters. The van der Waals surface area contributed by atoms with Gasteiger partial charge in [-0.25, -0.2) is 4.52 Å². The molecule has 0 aliphatic rings. The second-order valence-corrected chi connectivity index (χ2v) is 2.33. The molecular weight excluding hydrogens is 211 g/mol. The zero-order valence-electron chi connectivity index (χ0n) is 6.68. The second kappa shape index (κ2) is 4.20. The predicted molar refractivity (Wildman–Crippen MR) is 58.5 cm³/mol. The van der Waals surface area contributed by atoms with Crippen molar-refractivity contribution in [3.05, 3.63) is 24.4 Å². The summed E-state index contributed by atoms with van der Waals surface area (Å²) < 4.78 is 1.66. The molecular formula is C7H10Cl2N4. The minimum Gasteiger partial charge on any atom is -0.394 e. The highest BCUT2D eigenvalue weighted by Crippen LogP contribution is 2.18. The Labute approximate surface area is 87.7 Å². The lowest BCUT2D eigenvalue weighted by Gasteiger charge is -1.89. The Morgan fingerprint density at radius 2 is 1.85 bits per heavy atom. The van der Waals surface area contributed by atoms with E-state index in [9.17, 15) is 0 Å². The number of fused-ring (bicyclic) bond motifs is 1. The Hall–Kier alpha value is -1.13. The molecule has 6 heteroatoms. The van der Waals surface area contributed by atoms with Crippen LogP contribution >= 0.6 is 24.8 Å². The Balaban J connectivity index is 0.000000720. The summed E-state index contributed by atoms with van der Waals surface area (Å²) in [7, 11) is 0. The zero-order valence-corrected chi connectivity index (χ0v) is 8.31. The normalized spacial score (nSPS) is 8.92. The summed E-state index contributed by atoms with van der Waals surface area (Å²) in [6.07, 6.45) is 1.81. The van der Waals surface area contributed by atoms with Gasteiger partial charge in [-0.3, -0.25) is 0 Å². The molecule has 0 amide bonds. The van der Waals surface area contributed by atoms with E-state index in [1.807, 2.05) is 24.4 Å². The number of nitrogens with zero attached hydrogens (tertiary/aromatic N) is 2. The Morgan fingerprint density at radius 3 is 2.46 bits per heavy atom. The van der Waals surface area contributed by atoms with E-state index in [1.165, 1.54) is 0 Å². The van der Waals surface area contributed by atoms with Crippen LogP contribution in [0.2, 0.25) is 0 Å². The lowest BCUT2D eigenvalue weighted by Crippen LogP contribution is -1.90. The minimum atomic E-state index is 0. The number of nitrogens with two attached hydrogens (primary N) is 2. The van der Waals surface area contributed by atoms with Crippen LogP contribution in [0.5, 0.6) is 0 Å². The largest absolute Gasteiger partial charge is 0.394 e. The van der Waals surface area contributed by atoms with Crippen molar-refractivity contribution >= 4 is 41.8 Å². The van der Waals surface area contributed by atoms with Gasteiger partial charge in [-0.2, -0.15) is 0 Å². The second-order valence-electron chi connectivity index (χ2n) is 2.33. The summed E-state index contributed by atoms with van der Waals surface area (Å²) in [5.74, 6) is 0.385. The third-order valence-corrected chi connectivity index (χ3v) is 1.61. The molecule has 0 saturated carbocycles. The first-order chi connectivity index (χ1) is 5.29. The highest BCUT2D eigenvalue weighted by atomic mass is 35.5. The lowest BCUT2D eigenvalue weighted by molar-refractivity contribution is 0.968. The number of halogens is 2. The van der Waals surface area contributed by atoms with E-state index in [0.717, 1.165) is 5.52 Å². The summed E-state index contributed by atoms with van der Waals surface area (Å²) in [5, 5.41) is 3.98. The van der Waals surface area contributed by atoms with Gasteiger partial charge in [0.25, 0.3) is 0 Å². The molecule has 4 nitrogen and oxygen atoms in total. The predicted octanol–water partition coefficient (Wildman–Crippen LogP) is 1.34. The summed E-state index contributed by atoms with van der Waals surface area (Å²) in [6.45, 7) is 0. The van der Waals surface area contributed by atoms with Crippen LogP contribution in [-0.4, -0.2) is 9.61 Å². The molecule has 0 radical (unpaired) electrons. The van der Waals surface area contributed by atoms with Gasteiger partial charge in [0.2, 0.25) is 0 Å². The van der Waals surface area contributed by atoms with E-state index in [0.29, 0.717) is 11.5 Å². The number of nitrogen functional groups attached to an aromatic ring is 2. The third-order valence-electron chi connectivity index (χ3n) is 1.61. The van der Waals surface area contributed by atoms with Crippen LogP contribution in [0.1, 0.15) is 0 Å². The van der Waals surface area contributed by atoms with Gasteiger partial charge in [-0.1, -0.05) is 6.07 Å². The molecule has 13 heavy (non-hydrogen) atoms. The zero-order chi connectivity index (χ0) is 7.84. The van der Waals surface area contributed by atoms with Crippen LogP contribution in [0, 0.1) is 0 Å². The smallest absolute Gasteiger partial charge is 0.169 e. The van der Waals surface area contributed by atoms with Gasteiger partial charge in [0.05, 0.1) is 5.52 Å². The third kappa shape index (κ3) is 1.79. The standard InChI is InChI=1S/C7H8N4.2ClH/c8-6-5-3-1-2-4-11(5)10-7(6)9;;/h1-4H,8H2,(H2,9,10);2*1H. The molecule has 0 spiro atoms. The van der Waals surface area contributed by atoms with E-state index in [2.05, 4.69) is 5.10 Å². The molecule has 0 aliphatic carbocycles. The van der Waals surface area contributed by atoms with Crippen LogP contribution < -0.4 is 11.5 Å². The Bertz CT molecular complexity index is 398. The summed E-state index contributed by atoms with van der Waals surface area (Å²) >= 11 is 0. The van der Waals surface area contributed by atoms with Gasteiger partial charge in [-0.05, 0) is 12.1 Å². The van der Waals surface area contributed by atoms with E-state index in [1.54, 1.807) is 4.52 Å². The molecule has 0 unspecified atom stereocenters. The molecule has 0 bridgehead atoms. The Kier molecular flexibility index (Phi) is 3.84. The minimum absolute atomic E-state index is 0. The Morgan fingerprint density at radius 1 is 1.15 bits per heavy atom. The van der Waals surface area contributed by atoms with Crippen molar-refractivity contribution in [2.45, 2.75) is 0 Å². The monoisotopic (exact) mass is 220 g/mol. The molecule has 4 N–H and O–H groups in total. The number of rotatable bonds is 0. The van der Waals surface area contributed by atoms with Crippen molar-refractivity contribution < 1.29 is 0 Å². The van der Waals surface area contributed by atoms with E-state index < -0.39 is 0 Å². The number of aromatic nitrogens is 2. The number of pyridine rings is 1. The van der Waals surface area contributed by atoms with Gasteiger partial charge in [0.15, 0.2) is 5.82 Å². The molecule has 0 aliphatic heterocycles. The van der Waals surface area contributed by atoms with E-state index in [-0.39, 0.29) is 24.8 Å². The maximum absolute atomic E-state index is 5.63. The molecule has 2 aromatic heterocycles. The van der Waals surface area contributed by atoms with Crippen molar-refractivity contribution in [3.8, 4) is 0 Å². The number of hydrogen-bond donors (Lipinski definition) is 2. The molecule has 0 fully saturated rings. The molecule has 2 rings (SSSR count). The first-order valence-corrected chi connectivity index (χ1v) is 3.27. The average molecular weight is 221 g/mol. The van der Waals surface area contributed by atoms with Crippen LogP contribution in [0.3, 0.4) is 0 Å². The maximum Gasteiger partial charge on any atom is 0.169 e. The van der Waals surface area contributed by atoms with Gasteiger partial charge in [0.1, 0.15) is 5.69 Å². The van der Waals surface area contributed by atoms with E-state index in [4.69, 9.17) is 11.5 Å². The highest BCUT2D eigenvalue weighted by molar-refractivity contribution is 5.85. The van der Waals surface area contributed by atoms with Crippen molar-refractivity contribution in [2.24, 2.45) is 0 Å². The summed E-state index contributed by atoms with van der Waals surface area (Å²) in [5.41, 5.74) is 12.5. The van der Waals surface area contributed by atoms with Crippen LogP contribution in [-0.2, 0) is 0 Å². The van der Waals surface area contributed by atoms with Gasteiger partial charge < -0.3 is 11.5 Å². The molecule has 0 aromatic carbocycles. The molecule has 0 saturated heterocycles. The molecule has 72 valence electrons. The average Bonchev–Trinajstić information content (AvgIpc) is 2.30. The summed E-state index contributed by atoms with van der Waals surface area (Å²) in [6, 6.07) is 5.64. The van der Waals surface area contributed by atoms with Gasteiger partial charge in [0, 0.05) is 6.20 Å². The van der Waals surface area contributed by atoms with Gasteiger partial charge >= 0.3 is 0 Å². The quantitative estimate of drug-likeness (QED) is 0.705. The SMILES string of the molecule is Cl.Cl.Nc1nn2ccccc2c1N. The topological polar surface area (TPSA) is 69.3 Å². The van der Waals surface area contributed by atoms with Crippen molar-refractivity contribution in [1.82, 2.24) is 9.61 Å². The maximum atomic E-state index is 5.63. The van der Waals surface area contributed by atoms with Crippen molar-refractivity contribution in [1.29, 1.82) is 0 Å². The highest BCUT2D eigenvalue weighted by Gasteiger charge is 2.03. The fourth-order valence-electron chi connectivity index (χ4n) is 1.04. The van der Waals surface area contributed by atoms with Gasteiger partial charge in [-0.15, -0.1) is 29.9 Å². The van der Waals surface area contributed by atoms with Crippen LogP contribution in [0.15, 0.2) is 24.4 Å². The lowest BCUT2D eigenvalue weighted by atomic mass is 10.3. The van der Waals surface area contributed by atoms with Crippen molar-refractivity contribution in [2.75, 3.05) is 11.5 Å².